The Morgan fingerprint density at radius 3 is 1.04 bits per heavy atom. The molecule has 0 bridgehead atoms. The topological polar surface area (TPSA) is 6.48 Å². The van der Waals surface area contributed by atoms with Gasteiger partial charge in [0, 0.05) is 33.5 Å². The molecule has 2 fully saturated rings. The summed E-state index contributed by atoms with van der Waals surface area (Å²) in [4.78, 5) is 5.23. The smallest absolute Gasteiger partial charge is 0.0543 e. The van der Waals surface area contributed by atoms with E-state index in [1.807, 2.05) is 0 Å². The van der Waals surface area contributed by atoms with E-state index >= 15 is 0 Å². The molecular weight excluding hydrogens is 869 g/mol. The first-order valence-electron chi connectivity index (χ1n) is 27.1. The fraction of sp³-hybridized carbons (Fsp3) is 0.257. The monoisotopic (exact) mass is 937 g/mol. The molecular formula is C70H68N2. The zero-order chi connectivity index (χ0) is 49.0. The zero-order valence-electron chi connectivity index (χ0n) is 43.3. The van der Waals surface area contributed by atoms with Crippen molar-refractivity contribution >= 4 is 66.4 Å². The van der Waals surface area contributed by atoms with Gasteiger partial charge in [-0.1, -0.05) is 160 Å². The Balaban J connectivity index is 1.19. The summed E-state index contributed by atoms with van der Waals surface area (Å²) in [5.41, 5.74) is 23.3. The molecule has 0 unspecified atom stereocenters. The van der Waals surface area contributed by atoms with Crippen LogP contribution in [0, 0.1) is 41.5 Å². The van der Waals surface area contributed by atoms with E-state index in [4.69, 9.17) is 0 Å². The molecule has 2 heteroatoms. The first kappa shape index (κ1) is 45.9. The number of benzene rings is 10. The summed E-state index contributed by atoms with van der Waals surface area (Å²) >= 11 is 0. The summed E-state index contributed by atoms with van der Waals surface area (Å²) in [7, 11) is 0. The molecule has 0 amide bonds. The van der Waals surface area contributed by atoms with Gasteiger partial charge in [0.05, 0.1) is 11.4 Å². The molecule has 0 saturated heterocycles. The lowest BCUT2D eigenvalue weighted by Crippen LogP contribution is -2.15. The van der Waals surface area contributed by atoms with Gasteiger partial charge in [0.25, 0.3) is 0 Å². The Hall–Kier alpha value is -7.16. The van der Waals surface area contributed by atoms with Crippen molar-refractivity contribution < 1.29 is 0 Å². The average molecular weight is 937 g/mol. The molecule has 72 heavy (non-hydrogen) atoms. The number of rotatable bonds is 10. The lowest BCUT2D eigenvalue weighted by atomic mass is 9.77. The molecule has 0 spiro atoms. The van der Waals surface area contributed by atoms with Crippen LogP contribution in [-0.2, 0) is 0 Å². The first-order valence-corrected chi connectivity index (χ1v) is 27.1. The Morgan fingerprint density at radius 1 is 0.306 bits per heavy atom. The lowest BCUT2D eigenvalue weighted by molar-refractivity contribution is 0.445. The molecule has 358 valence electrons. The maximum absolute atomic E-state index is 2.64. The molecule has 2 nitrogen and oxygen atoms in total. The minimum absolute atomic E-state index is 0.495. The number of anilines is 6. The minimum Gasteiger partial charge on any atom is -0.310 e. The van der Waals surface area contributed by atoms with Gasteiger partial charge in [0.2, 0.25) is 0 Å². The van der Waals surface area contributed by atoms with Crippen molar-refractivity contribution in [2.75, 3.05) is 9.80 Å². The van der Waals surface area contributed by atoms with Gasteiger partial charge in [0.1, 0.15) is 0 Å². The molecule has 0 N–H and O–H groups in total. The maximum Gasteiger partial charge on any atom is 0.0543 e. The third-order valence-corrected chi connectivity index (χ3v) is 17.0. The number of nitrogens with zero attached hydrogens (tertiary/aromatic N) is 2. The van der Waals surface area contributed by atoms with Crippen LogP contribution in [0.25, 0.3) is 54.6 Å². The number of aryl methyl sites for hydroxylation is 6. The highest BCUT2D eigenvalue weighted by atomic mass is 15.2. The molecule has 0 aliphatic heterocycles. The zero-order valence-corrected chi connectivity index (χ0v) is 43.3. The molecule has 2 aliphatic rings. The maximum atomic E-state index is 2.64. The fourth-order valence-corrected chi connectivity index (χ4v) is 13.4. The van der Waals surface area contributed by atoms with Crippen LogP contribution in [0.3, 0.4) is 0 Å². The van der Waals surface area contributed by atoms with Gasteiger partial charge in [-0.3, -0.25) is 0 Å². The van der Waals surface area contributed by atoms with E-state index in [-0.39, 0.29) is 0 Å². The molecule has 0 aromatic heterocycles. The van der Waals surface area contributed by atoms with Crippen LogP contribution >= 0.6 is 0 Å². The van der Waals surface area contributed by atoms with Crippen molar-refractivity contribution in [1.29, 1.82) is 0 Å². The molecule has 10 aromatic carbocycles. The summed E-state index contributed by atoms with van der Waals surface area (Å²) in [5, 5.41) is 8.32. The first-order chi connectivity index (χ1) is 35.2. The quantitative estimate of drug-likeness (QED) is 0.126. The Labute approximate surface area is 428 Å². The highest BCUT2D eigenvalue weighted by Crippen LogP contribution is 2.54. The third kappa shape index (κ3) is 8.04. The second-order valence-electron chi connectivity index (χ2n) is 21.6. The van der Waals surface area contributed by atoms with Crippen molar-refractivity contribution in [3.63, 3.8) is 0 Å². The van der Waals surface area contributed by atoms with Crippen molar-refractivity contribution in [2.45, 2.75) is 118 Å². The van der Waals surface area contributed by atoms with Crippen molar-refractivity contribution in [2.24, 2.45) is 0 Å². The van der Waals surface area contributed by atoms with Gasteiger partial charge in [0.15, 0.2) is 0 Å². The third-order valence-electron chi connectivity index (χ3n) is 17.0. The summed E-state index contributed by atoms with van der Waals surface area (Å²) in [6.45, 7) is 13.6. The Morgan fingerprint density at radius 2 is 0.667 bits per heavy atom. The van der Waals surface area contributed by atoms with Crippen molar-refractivity contribution in [3.8, 4) is 22.3 Å². The van der Waals surface area contributed by atoms with Gasteiger partial charge in [-0.25, -0.2) is 0 Å². The van der Waals surface area contributed by atoms with Crippen LogP contribution in [-0.4, -0.2) is 0 Å². The molecule has 0 heterocycles. The molecule has 2 saturated carbocycles. The highest BCUT2D eigenvalue weighted by molar-refractivity contribution is 6.29. The largest absolute Gasteiger partial charge is 0.310 e. The summed E-state index contributed by atoms with van der Waals surface area (Å²) in [5.74, 6) is 0.991. The van der Waals surface area contributed by atoms with E-state index in [0.29, 0.717) is 11.8 Å². The lowest BCUT2D eigenvalue weighted by Gasteiger charge is -2.34. The van der Waals surface area contributed by atoms with Gasteiger partial charge in [-0.05, 0) is 216 Å². The predicted molar refractivity (Wildman–Crippen MR) is 310 cm³/mol. The summed E-state index contributed by atoms with van der Waals surface area (Å²) in [6.07, 6.45) is 12.7. The van der Waals surface area contributed by atoms with E-state index in [0.717, 1.165) is 0 Å². The van der Waals surface area contributed by atoms with E-state index in [2.05, 4.69) is 221 Å². The van der Waals surface area contributed by atoms with Crippen molar-refractivity contribution in [1.82, 2.24) is 0 Å². The Kier molecular flexibility index (Phi) is 12.2. The molecule has 12 rings (SSSR count). The molecule has 2 aliphatic carbocycles. The molecule has 10 aromatic rings. The normalized spacial score (nSPS) is 14.7. The fourth-order valence-electron chi connectivity index (χ4n) is 13.4. The summed E-state index contributed by atoms with van der Waals surface area (Å²) in [6, 6.07) is 65.5. The van der Waals surface area contributed by atoms with Crippen LogP contribution in [0.2, 0.25) is 0 Å². The number of hydrogen-bond donors (Lipinski definition) is 0. The van der Waals surface area contributed by atoms with Gasteiger partial charge in [-0.15, -0.1) is 0 Å². The number of hydrogen-bond acceptors (Lipinski definition) is 2. The van der Waals surface area contributed by atoms with E-state index in [1.165, 1.54) is 197 Å². The van der Waals surface area contributed by atoms with Crippen LogP contribution < -0.4 is 9.80 Å². The van der Waals surface area contributed by atoms with Gasteiger partial charge >= 0.3 is 0 Å². The summed E-state index contributed by atoms with van der Waals surface area (Å²) < 4.78 is 0. The van der Waals surface area contributed by atoms with E-state index in [1.54, 1.807) is 0 Å². The standard InChI is InChI=1S/C70H68N2/c1-45-33-35-53(67-47(3)21-19-22-48(67)4)41-63(45)71(55-29-15-9-16-30-55)65-43-61(51-25-11-7-12-26-51)57-38-40-60-66(44-62(52-27-13-8-14-28-52)58-37-39-59(65)69(57)70(58)60)72(56-31-17-10-18-32-56)64-42-54(36-34-46(64)2)68-49(5)23-20-24-50(68)6/h9-10,15-24,29-44,51-52H,7-8,11-14,25-28H2,1-6H3. The molecule has 0 radical (unpaired) electrons. The van der Waals surface area contributed by atoms with Crippen molar-refractivity contribution in [3.05, 3.63) is 214 Å². The van der Waals surface area contributed by atoms with E-state index in [9.17, 15) is 0 Å². The van der Waals surface area contributed by atoms with Crippen LogP contribution in [0.5, 0.6) is 0 Å². The second-order valence-corrected chi connectivity index (χ2v) is 21.6. The van der Waals surface area contributed by atoms with E-state index < -0.39 is 0 Å². The highest BCUT2D eigenvalue weighted by Gasteiger charge is 2.30. The minimum atomic E-state index is 0.495. The molecule has 0 atom stereocenters. The Bertz CT molecular complexity index is 3330. The predicted octanol–water partition coefficient (Wildman–Crippen LogP) is 20.8. The number of para-hydroxylation sites is 2. The average Bonchev–Trinajstić information content (AvgIpc) is 3.41. The van der Waals surface area contributed by atoms with Gasteiger partial charge < -0.3 is 9.80 Å². The SMILES string of the molecule is Cc1ccc(-c2c(C)cccc2C)cc1N(c1ccccc1)c1cc(C2CCCCC2)c2ccc3c(N(c4ccccc4)c4cc(-c5c(C)cccc5C)ccc4C)cc(C4CCCCC4)c4ccc1c2c43. The van der Waals surface area contributed by atoms with Crippen LogP contribution in [0.1, 0.15) is 121 Å². The van der Waals surface area contributed by atoms with Crippen LogP contribution in [0.15, 0.2) is 170 Å². The second kappa shape index (κ2) is 19.1. The van der Waals surface area contributed by atoms with Gasteiger partial charge in [-0.2, -0.15) is 0 Å². The van der Waals surface area contributed by atoms with Crippen LogP contribution in [0.4, 0.5) is 34.1 Å².